The molecule has 11 heteroatoms. The summed E-state index contributed by atoms with van der Waals surface area (Å²) in [5.41, 5.74) is 2.35. The van der Waals surface area contributed by atoms with Crippen molar-refractivity contribution < 1.29 is 9.18 Å². The summed E-state index contributed by atoms with van der Waals surface area (Å²) in [6.07, 6.45) is 0.224. The van der Waals surface area contributed by atoms with Crippen LogP contribution in [0, 0.1) is 12.7 Å². The van der Waals surface area contributed by atoms with Crippen molar-refractivity contribution in [2.75, 3.05) is 16.4 Å². The number of thioether (sulfide) groups is 1. The van der Waals surface area contributed by atoms with Gasteiger partial charge in [0.1, 0.15) is 11.5 Å². The zero-order valence-corrected chi connectivity index (χ0v) is 20.3. The Morgan fingerprint density at radius 1 is 1.12 bits per heavy atom. The van der Waals surface area contributed by atoms with E-state index in [9.17, 15) is 14.0 Å². The normalized spacial score (nSPS) is 10.9. The van der Waals surface area contributed by atoms with Gasteiger partial charge in [-0.2, -0.15) is 0 Å². The maximum Gasteiger partial charge on any atom is 0.295 e. The highest BCUT2D eigenvalue weighted by atomic mass is 32.2. The fourth-order valence-electron chi connectivity index (χ4n) is 3.26. The van der Waals surface area contributed by atoms with Gasteiger partial charge in [0.25, 0.3) is 5.56 Å². The number of aromatic nitrogens is 4. The first-order valence-electron chi connectivity index (χ1n) is 10.5. The van der Waals surface area contributed by atoms with Crippen molar-refractivity contribution in [3.05, 3.63) is 82.0 Å². The highest BCUT2D eigenvalue weighted by molar-refractivity contribution is 8.01. The number of halogens is 1. The molecule has 0 aliphatic carbocycles. The van der Waals surface area contributed by atoms with Gasteiger partial charge in [-0.05, 0) is 36.8 Å². The molecule has 2 aromatic heterocycles. The predicted molar refractivity (Wildman–Crippen MR) is 133 cm³/mol. The fraction of sp³-hybridized carbons (Fsp3) is 0.217. The standard InChI is InChI=1S/C23H23FN6O2S2/c1-15-20(21(32)30(29(15)2)18-6-4-3-5-7-18)26-19(31)12-13-33-23-28-27-22(34-23)25-14-16-8-10-17(24)11-9-16/h3-11H,12-14H2,1-2H3,(H,25,27)(H,26,31). The first-order chi connectivity index (χ1) is 16.4. The molecule has 34 heavy (non-hydrogen) atoms. The van der Waals surface area contributed by atoms with Crippen LogP contribution in [0.15, 0.2) is 63.7 Å². The number of carbonyl (C=O) groups is 1. The van der Waals surface area contributed by atoms with Gasteiger partial charge in [-0.15, -0.1) is 10.2 Å². The Morgan fingerprint density at radius 3 is 2.59 bits per heavy atom. The lowest BCUT2D eigenvalue weighted by Crippen LogP contribution is -2.23. The molecule has 2 N–H and O–H groups in total. The van der Waals surface area contributed by atoms with Gasteiger partial charge in [0, 0.05) is 25.8 Å². The summed E-state index contributed by atoms with van der Waals surface area (Å²) < 4.78 is 17.0. The number of anilines is 2. The van der Waals surface area contributed by atoms with Gasteiger partial charge in [0.05, 0.1) is 11.4 Å². The van der Waals surface area contributed by atoms with E-state index in [0.29, 0.717) is 23.1 Å². The summed E-state index contributed by atoms with van der Waals surface area (Å²) in [4.78, 5) is 25.4. The summed E-state index contributed by atoms with van der Waals surface area (Å²) in [7, 11) is 1.78. The molecule has 1 amide bonds. The second-order valence-electron chi connectivity index (χ2n) is 7.44. The monoisotopic (exact) mass is 498 g/mol. The van der Waals surface area contributed by atoms with E-state index in [1.807, 2.05) is 30.3 Å². The van der Waals surface area contributed by atoms with Gasteiger partial charge in [-0.3, -0.25) is 14.3 Å². The minimum Gasteiger partial charge on any atom is -0.356 e. The van der Waals surface area contributed by atoms with Crippen molar-refractivity contribution >= 4 is 39.8 Å². The van der Waals surface area contributed by atoms with Crippen molar-refractivity contribution in [3.63, 3.8) is 0 Å². The third-order valence-electron chi connectivity index (χ3n) is 5.14. The van der Waals surface area contributed by atoms with Crippen LogP contribution in [0.4, 0.5) is 15.2 Å². The van der Waals surface area contributed by atoms with Crippen LogP contribution >= 0.6 is 23.1 Å². The quantitative estimate of drug-likeness (QED) is 0.336. The van der Waals surface area contributed by atoms with Crippen molar-refractivity contribution in [2.24, 2.45) is 7.05 Å². The van der Waals surface area contributed by atoms with Gasteiger partial charge >= 0.3 is 0 Å². The molecule has 0 bridgehead atoms. The summed E-state index contributed by atoms with van der Waals surface area (Å²) >= 11 is 2.81. The number of benzene rings is 2. The first kappa shape index (κ1) is 23.7. The molecule has 0 unspecified atom stereocenters. The molecule has 2 aromatic carbocycles. The molecule has 0 radical (unpaired) electrons. The second kappa shape index (κ2) is 10.7. The Hall–Kier alpha value is -3.44. The molecule has 4 aromatic rings. The average Bonchev–Trinajstić information content (AvgIpc) is 3.37. The molecule has 0 atom stereocenters. The Morgan fingerprint density at radius 2 is 1.85 bits per heavy atom. The molecule has 4 rings (SSSR count). The molecular weight excluding hydrogens is 475 g/mol. The van der Waals surface area contributed by atoms with Crippen molar-refractivity contribution in [1.82, 2.24) is 19.6 Å². The number of rotatable bonds is 9. The van der Waals surface area contributed by atoms with E-state index in [1.165, 1.54) is 39.9 Å². The largest absolute Gasteiger partial charge is 0.356 e. The molecule has 8 nitrogen and oxygen atoms in total. The van der Waals surface area contributed by atoms with Gasteiger partial charge < -0.3 is 10.6 Å². The SMILES string of the molecule is Cc1c(NC(=O)CCSc2nnc(NCc3ccc(F)cc3)s2)c(=O)n(-c2ccccc2)n1C. The number of nitrogens with zero attached hydrogens (tertiary/aromatic N) is 4. The molecule has 0 fully saturated rings. The summed E-state index contributed by atoms with van der Waals surface area (Å²) in [5, 5.41) is 14.8. The highest BCUT2D eigenvalue weighted by Crippen LogP contribution is 2.26. The summed E-state index contributed by atoms with van der Waals surface area (Å²) in [5.74, 6) is -0.0126. The lowest BCUT2D eigenvalue weighted by molar-refractivity contribution is -0.115. The van der Waals surface area contributed by atoms with E-state index < -0.39 is 0 Å². The Labute approximate surface area is 203 Å². The highest BCUT2D eigenvalue weighted by Gasteiger charge is 2.18. The fourth-order valence-corrected chi connectivity index (χ4v) is 5.02. The van der Waals surface area contributed by atoms with Crippen molar-refractivity contribution in [1.29, 1.82) is 0 Å². The number of amides is 1. The van der Waals surface area contributed by atoms with Crippen LogP contribution in [0.2, 0.25) is 0 Å². The minimum absolute atomic E-state index is 0.224. The Bertz CT molecular complexity index is 1330. The summed E-state index contributed by atoms with van der Waals surface area (Å²) in [6, 6.07) is 15.5. The molecule has 0 aliphatic rings. The Balaban J connectivity index is 1.29. The lowest BCUT2D eigenvalue weighted by Gasteiger charge is -2.07. The molecule has 0 saturated carbocycles. The van der Waals surface area contributed by atoms with Crippen molar-refractivity contribution in [3.8, 4) is 5.69 Å². The van der Waals surface area contributed by atoms with Crippen LogP contribution < -0.4 is 16.2 Å². The topological polar surface area (TPSA) is 93.8 Å². The average molecular weight is 499 g/mol. The molecule has 0 spiro atoms. The number of para-hydroxylation sites is 1. The maximum absolute atomic E-state index is 13.0. The minimum atomic E-state index is -0.272. The van der Waals surface area contributed by atoms with E-state index in [1.54, 1.807) is 30.8 Å². The summed E-state index contributed by atoms with van der Waals surface area (Å²) in [6.45, 7) is 2.31. The molecular formula is C23H23FN6O2S2. The third-order valence-corrected chi connectivity index (χ3v) is 7.15. The van der Waals surface area contributed by atoms with E-state index in [2.05, 4.69) is 20.8 Å². The smallest absolute Gasteiger partial charge is 0.295 e. The van der Waals surface area contributed by atoms with Gasteiger partial charge in [0.15, 0.2) is 4.34 Å². The predicted octanol–water partition coefficient (Wildman–Crippen LogP) is 4.21. The zero-order valence-electron chi connectivity index (χ0n) is 18.6. The number of hydrogen-bond donors (Lipinski definition) is 2. The molecule has 2 heterocycles. The van der Waals surface area contributed by atoms with E-state index >= 15 is 0 Å². The van der Waals surface area contributed by atoms with Gasteiger partial charge in [0.2, 0.25) is 11.0 Å². The zero-order chi connectivity index (χ0) is 24.1. The van der Waals surface area contributed by atoms with E-state index in [0.717, 1.165) is 15.6 Å². The van der Waals surface area contributed by atoms with E-state index in [4.69, 9.17) is 0 Å². The number of nitrogens with one attached hydrogen (secondary N) is 2. The number of hydrogen-bond acceptors (Lipinski definition) is 7. The third kappa shape index (κ3) is 5.54. The molecule has 176 valence electrons. The molecule has 0 aliphatic heterocycles. The van der Waals surface area contributed by atoms with Gasteiger partial charge in [-0.1, -0.05) is 53.4 Å². The van der Waals surface area contributed by atoms with Crippen LogP contribution in [-0.2, 0) is 18.4 Å². The Kier molecular flexibility index (Phi) is 7.43. The van der Waals surface area contributed by atoms with Crippen LogP contribution in [0.1, 0.15) is 17.7 Å². The number of carbonyl (C=O) groups excluding carboxylic acids is 1. The van der Waals surface area contributed by atoms with Crippen LogP contribution in [-0.4, -0.2) is 31.2 Å². The maximum atomic E-state index is 13.0. The molecule has 0 saturated heterocycles. The van der Waals surface area contributed by atoms with E-state index in [-0.39, 0.29) is 29.4 Å². The van der Waals surface area contributed by atoms with Crippen molar-refractivity contribution in [2.45, 2.75) is 24.2 Å². The first-order valence-corrected chi connectivity index (χ1v) is 12.3. The van der Waals surface area contributed by atoms with Crippen LogP contribution in [0.25, 0.3) is 5.69 Å². The lowest BCUT2D eigenvalue weighted by atomic mass is 10.2. The van der Waals surface area contributed by atoms with Crippen LogP contribution in [0.3, 0.4) is 0 Å². The second-order valence-corrected chi connectivity index (χ2v) is 9.76. The van der Waals surface area contributed by atoms with Crippen LogP contribution in [0.5, 0.6) is 0 Å². The van der Waals surface area contributed by atoms with Gasteiger partial charge in [-0.25, -0.2) is 9.07 Å².